The van der Waals surface area contributed by atoms with Gasteiger partial charge in [-0.15, -0.1) is 0 Å². The third-order valence-corrected chi connectivity index (χ3v) is 6.22. The van der Waals surface area contributed by atoms with Gasteiger partial charge in [-0.3, -0.25) is 9.69 Å². The second kappa shape index (κ2) is 10.7. The van der Waals surface area contributed by atoms with Crippen molar-refractivity contribution in [1.82, 2.24) is 19.5 Å². The van der Waals surface area contributed by atoms with Crippen molar-refractivity contribution in [2.45, 2.75) is 25.9 Å². The largest absolute Gasteiger partial charge is 0.494 e. The molecule has 2 aromatic carbocycles. The van der Waals surface area contributed by atoms with Crippen LogP contribution >= 0.6 is 0 Å². The summed E-state index contributed by atoms with van der Waals surface area (Å²) < 4.78 is 63.4. The number of aromatic nitrogens is 3. The standard InChI is InChI=1S/C26H25F4N5O3/c1-14(8-24(36)37)33(2)13-16-11-22-31-20(15-9-18(28)25(30)19(29)10-15)12-23(35(22)32-16)34(3)26-17(27)6-5-7-21(26)38-4/h5-7,9-12,14H,8,13H2,1-4H3,(H,36,37)/t14-/m1/s1. The van der Waals surface area contributed by atoms with Gasteiger partial charge in [0.15, 0.2) is 28.9 Å². The molecule has 0 aliphatic rings. The molecule has 0 fully saturated rings. The van der Waals surface area contributed by atoms with Crippen LogP contribution in [0, 0.1) is 23.3 Å². The molecule has 2 aromatic heterocycles. The van der Waals surface area contributed by atoms with Crippen LogP contribution in [-0.2, 0) is 11.3 Å². The van der Waals surface area contributed by atoms with E-state index in [1.807, 2.05) is 0 Å². The monoisotopic (exact) mass is 531 g/mol. The summed E-state index contributed by atoms with van der Waals surface area (Å²) in [4.78, 5) is 18.8. The minimum Gasteiger partial charge on any atom is -0.494 e. The molecule has 0 unspecified atom stereocenters. The van der Waals surface area contributed by atoms with E-state index in [1.165, 1.54) is 34.7 Å². The van der Waals surface area contributed by atoms with Gasteiger partial charge in [0.25, 0.3) is 0 Å². The summed E-state index contributed by atoms with van der Waals surface area (Å²) in [6.45, 7) is 2.03. The summed E-state index contributed by atoms with van der Waals surface area (Å²) in [5, 5.41) is 13.7. The van der Waals surface area contributed by atoms with Gasteiger partial charge in [-0.1, -0.05) is 6.07 Å². The van der Waals surface area contributed by atoms with Crippen LogP contribution in [-0.4, -0.2) is 57.8 Å². The predicted molar refractivity (Wildman–Crippen MR) is 132 cm³/mol. The molecule has 200 valence electrons. The highest BCUT2D eigenvalue weighted by Gasteiger charge is 2.22. The smallest absolute Gasteiger partial charge is 0.304 e. The molecule has 0 aliphatic carbocycles. The minimum absolute atomic E-state index is 0.0333. The number of hydrogen-bond acceptors (Lipinski definition) is 6. The molecular formula is C26H25F4N5O3. The Balaban J connectivity index is 1.88. The van der Waals surface area contributed by atoms with Crippen molar-refractivity contribution >= 4 is 23.1 Å². The molecule has 12 heteroatoms. The SMILES string of the molecule is COc1cccc(F)c1N(C)c1cc(-c2cc(F)c(F)c(F)c2)nc2cc(CN(C)[C@H](C)CC(=O)O)nn12. The highest BCUT2D eigenvalue weighted by atomic mass is 19.2. The Bertz CT molecular complexity index is 1490. The molecule has 0 amide bonds. The molecule has 38 heavy (non-hydrogen) atoms. The van der Waals surface area contributed by atoms with E-state index in [0.717, 1.165) is 12.1 Å². The third kappa shape index (κ3) is 5.25. The average Bonchev–Trinajstić information content (AvgIpc) is 3.27. The van der Waals surface area contributed by atoms with Crippen molar-refractivity contribution in [3.8, 4) is 17.0 Å². The zero-order chi connectivity index (χ0) is 27.7. The lowest BCUT2D eigenvalue weighted by Crippen LogP contribution is -2.30. The molecule has 0 spiro atoms. The molecule has 1 atom stereocenters. The van der Waals surface area contributed by atoms with Crippen LogP contribution in [0.2, 0.25) is 0 Å². The number of benzene rings is 2. The Labute approximate surface area is 215 Å². The molecule has 0 saturated carbocycles. The highest BCUT2D eigenvalue weighted by molar-refractivity contribution is 5.73. The molecule has 4 rings (SSSR count). The minimum atomic E-state index is -1.60. The molecule has 2 heterocycles. The molecule has 1 N–H and O–H groups in total. The fourth-order valence-corrected chi connectivity index (χ4v) is 4.09. The molecule has 0 saturated heterocycles. The van der Waals surface area contributed by atoms with Gasteiger partial charge in [-0.25, -0.2) is 22.5 Å². The zero-order valence-corrected chi connectivity index (χ0v) is 21.0. The quantitative estimate of drug-likeness (QED) is 0.240. The Morgan fingerprint density at radius 3 is 2.39 bits per heavy atom. The number of para-hydroxylation sites is 1. The highest BCUT2D eigenvalue weighted by Crippen LogP contribution is 2.36. The van der Waals surface area contributed by atoms with Crippen molar-refractivity contribution in [3.05, 3.63) is 71.4 Å². The maximum atomic E-state index is 15.0. The molecule has 8 nitrogen and oxygen atoms in total. The summed E-state index contributed by atoms with van der Waals surface area (Å²) >= 11 is 0. The Hall–Kier alpha value is -4.19. The van der Waals surface area contributed by atoms with E-state index in [0.29, 0.717) is 5.69 Å². The Morgan fingerprint density at radius 2 is 1.76 bits per heavy atom. The number of aliphatic carboxylic acids is 1. The summed E-state index contributed by atoms with van der Waals surface area (Å²) in [6.07, 6.45) is -0.0744. The first-order chi connectivity index (χ1) is 18.0. The summed E-state index contributed by atoms with van der Waals surface area (Å²) in [7, 11) is 4.70. The third-order valence-electron chi connectivity index (χ3n) is 6.22. The number of ether oxygens (including phenoxy) is 1. The van der Waals surface area contributed by atoms with E-state index in [4.69, 9.17) is 9.84 Å². The number of rotatable bonds is 9. The Morgan fingerprint density at radius 1 is 1.08 bits per heavy atom. The van der Waals surface area contributed by atoms with Gasteiger partial charge in [0, 0.05) is 37.3 Å². The first-order valence-electron chi connectivity index (χ1n) is 11.5. The number of fused-ring (bicyclic) bond motifs is 1. The molecule has 0 radical (unpaired) electrons. The fraction of sp³-hybridized carbons (Fsp3) is 0.269. The van der Waals surface area contributed by atoms with Gasteiger partial charge in [0.05, 0.1) is 24.9 Å². The molecule has 0 aliphatic heterocycles. The topological polar surface area (TPSA) is 83.2 Å². The summed E-state index contributed by atoms with van der Waals surface area (Å²) in [6, 6.07) is 8.74. The molecule has 0 bridgehead atoms. The first kappa shape index (κ1) is 26.9. The average molecular weight is 532 g/mol. The van der Waals surface area contributed by atoms with Crippen LogP contribution in [0.5, 0.6) is 5.75 Å². The van der Waals surface area contributed by atoms with Crippen molar-refractivity contribution in [3.63, 3.8) is 0 Å². The summed E-state index contributed by atoms with van der Waals surface area (Å²) in [5.74, 6) is -5.39. The number of carbonyl (C=O) groups is 1. The van der Waals surface area contributed by atoms with Crippen molar-refractivity contribution in [2.24, 2.45) is 0 Å². The van der Waals surface area contributed by atoms with E-state index in [-0.39, 0.29) is 53.2 Å². The maximum absolute atomic E-state index is 15.0. The van der Waals surface area contributed by atoms with Crippen molar-refractivity contribution in [1.29, 1.82) is 0 Å². The van der Waals surface area contributed by atoms with Crippen LogP contribution < -0.4 is 9.64 Å². The van der Waals surface area contributed by atoms with Gasteiger partial charge in [0.1, 0.15) is 17.3 Å². The Kier molecular flexibility index (Phi) is 7.53. The van der Waals surface area contributed by atoms with Crippen molar-refractivity contribution in [2.75, 3.05) is 26.1 Å². The van der Waals surface area contributed by atoms with Gasteiger partial charge < -0.3 is 14.7 Å². The fourth-order valence-electron chi connectivity index (χ4n) is 4.09. The molecular weight excluding hydrogens is 506 g/mol. The number of nitrogens with zero attached hydrogens (tertiary/aromatic N) is 5. The van der Waals surface area contributed by atoms with Gasteiger partial charge in [-0.05, 0) is 38.2 Å². The van der Waals surface area contributed by atoms with Crippen molar-refractivity contribution < 1.29 is 32.2 Å². The second-order valence-corrected chi connectivity index (χ2v) is 8.87. The van der Waals surface area contributed by atoms with Crippen LogP contribution in [0.1, 0.15) is 19.0 Å². The van der Waals surface area contributed by atoms with Gasteiger partial charge in [-0.2, -0.15) is 9.61 Å². The number of carboxylic acids is 1. The number of halogens is 4. The van der Waals surface area contributed by atoms with Crippen LogP contribution in [0.3, 0.4) is 0 Å². The normalized spacial score (nSPS) is 12.2. The van der Waals surface area contributed by atoms with Crippen LogP contribution in [0.25, 0.3) is 16.9 Å². The number of methoxy groups -OCH3 is 1. The van der Waals surface area contributed by atoms with Gasteiger partial charge >= 0.3 is 5.97 Å². The number of hydrogen-bond donors (Lipinski definition) is 1. The first-order valence-corrected chi connectivity index (χ1v) is 11.5. The number of anilines is 2. The number of carboxylic acid groups (broad SMARTS) is 1. The zero-order valence-electron chi connectivity index (χ0n) is 21.0. The lowest BCUT2D eigenvalue weighted by atomic mass is 10.1. The second-order valence-electron chi connectivity index (χ2n) is 8.87. The van der Waals surface area contributed by atoms with E-state index in [2.05, 4.69) is 10.1 Å². The maximum Gasteiger partial charge on any atom is 0.304 e. The summed E-state index contributed by atoms with van der Waals surface area (Å²) in [5.41, 5.74) is 0.912. The predicted octanol–water partition coefficient (Wildman–Crippen LogP) is 5.02. The lowest BCUT2D eigenvalue weighted by Gasteiger charge is -2.23. The lowest BCUT2D eigenvalue weighted by molar-refractivity contribution is -0.138. The van der Waals surface area contributed by atoms with E-state index < -0.39 is 29.2 Å². The van der Waals surface area contributed by atoms with Crippen LogP contribution in [0.15, 0.2) is 42.5 Å². The van der Waals surface area contributed by atoms with Crippen LogP contribution in [0.4, 0.5) is 29.1 Å². The van der Waals surface area contributed by atoms with Gasteiger partial charge in [0.2, 0.25) is 0 Å². The molecule has 4 aromatic rings. The van der Waals surface area contributed by atoms with E-state index in [1.54, 1.807) is 38.1 Å². The van der Waals surface area contributed by atoms with E-state index >= 15 is 0 Å². The van der Waals surface area contributed by atoms with E-state index in [9.17, 15) is 22.4 Å².